The summed E-state index contributed by atoms with van der Waals surface area (Å²) in [5.41, 5.74) is 3.21. The number of nitrogens with one attached hydrogen (secondary N) is 1. The highest BCUT2D eigenvalue weighted by Gasteiger charge is 2.09. The molecule has 0 aliphatic rings. The molecule has 0 spiro atoms. The van der Waals surface area contributed by atoms with E-state index in [1.165, 1.54) is 0 Å². The molecule has 72 valence electrons. The Morgan fingerprint density at radius 1 is 1.36 bits per heavy atom. The van der Waals surface area contributed by atoms with E-state index in [1.807, 2.05) is 25.2 Å². The molecule has 14 heavy (non-hydrogen) atoms. The quantitative estimate of drug-likeness (QED) is 0.521. The minimum atomic E-state index is 0.505. The van der Waals surface area contributed by atoms with Crippen LogP contribution < -0.4 is 11.3 Å². The summed E-state index contributed by atoms with van der Waals surface area (Å²) in [6.45, 7) is 0. The smallest absolute Gasteiger partial charge is 0.238 e. The van der Waals surface area contributed by atoms with Crippen LogP contribution in [0.5, 0.6) is 0 Å². The van der Waals surface area contributed by atoms with Crippen molar-refractivity contribution < 1.29 is 0 Å². The van der Waals surface area contributed by atoms with Gasteiger partial charge in [0.2, 0.25) is 5.95 Å². The molecular weight excluding hydrogens is 180 g/mol. The van der Waals surface area contributed by atoms with Gasteiger partial charge in [0.15, 0.2) is 5.82 Å². The Hall–Kier alpha value is -1.95. The van der Waals surface area contributed by atoms with Gasteiger partial charge in [-0.3, -0.25) is 15.0 Å². The zero-order valence-corrected chi connectivity index (χ0v) is 7.68. The van der Waals surface area contributed by atoms with E-state index in [-0.39, 0.29) is 0 Å². The molecule has 2 heterocycles. The van der Waals surface area contributed by atoms with Crippen molar-refractivity contribution in [1.29, 1.82) is 0 Å². The number of nitrogens with zero attached hydrogens (tertiary/aromatic N) is 4. The Balaban J connectivity index is 2.48. The summed E-state index contributed by atoms with van der Waals surface area (Å²) in [7, 11) is 1.82. The number of hydrazine groups is 1. The SMILES string of the molecule is Cn1c(NN)nnc1-c1ccccn1. The first-order chi connectivity index (χ1) is 6.83. The summed E-state index contributed by atoms with van der Waals surface area (Å²) in [5, 5.41) is 7.81. The topological polar surface area (TPSA) is 81.7 Å². The number of nitrogens with two attached hydrogens (primary N) is 1. The molecule has 0 saturated heterocycles. The molecule has 0 fully saturated rings. The van der Waals surface area contributed by atoms with E-state index in [9.17, 15) is 0 Å². The van der Waals surface area contributed by atoms with Gasteiger partial charge in [0.1, 0.15) is 5.69 Å². The Kier molecular flexibility index (Phi) is 2.11. The van der Waals surface area contributed by atoms with Crippen molar-refractivity contribution in [3.63, 3.8) is 0 Å². The van der Waals surface area contributed by atoms with Crippen molar-refractivity contribution in [2.45, 2.75) is 0 Å². The van der Waals surface area contributed by atoms with Crippen LogP contribution in [0.4, 0.5) is 5.95 Å². The van der Waals surface area contributed by atoms with E-state index in [4.69, 9.17) is 5.84 Å². The van der Waals surface area contributed by atoms with Gasteiger partial charge in [-0.15, -0.1) is 10.2 Å². The molecule has 0 amide bonds. The van der Waals surface area contributed by atoms with Crippen LogP contribution in [-0.2, 0) is 7.05 Å². The zero-order valence-electron chi connectivity index (χ0n) is 7.68. The van der Waals surface area contributed by atoms with Gasteiger partial charge in [-0.1, -0.05) is 6.07 Å². The second-order valence-electron chi connectivity index (χ2n) is 2.77. The maximum atomic E-state index is 5.25. The van der Waals surface area contributed by atoms with Crippen molar-refractivity contribution in [2.75, 3.05) is 5.43 Å². The molecule has 0 aliphatic heterocycles. The van der Waals surface area contributed by atoms with Gasteiger partial charge in [0.05, 0.1) is 0 Å². The molecule has 0 unspecified atom stereocenters. The second-order valence-corrected chi connectivity index (χ2v) is 2.77. The van der Waals surface area contributed by atoms with Gasteiger partial charge < -0.3 is 0 Å². The molecule has 0 aliphatic carbocycles. The lowest BCUT2D eigenvalue weighted by Gasteiger charge is -2.01. The monoisotopic (exact) mass is 190 g/mol. The number of anilines is 1. The summed E-state index contributed by atoms with van der Waals surface area (Å²) >= 11 is 0. The van der Waals surface area contributed by atoms with Crippen LogP contribution in [0.3, 0.4) is 0 Å². The number of hydrogen-bond acceptors (Lipinski definition) is 5. The Bertz CT molecular complexity index is 421. The molecular formula is C8H10N6. The third-order valence-corrected chi connectivity index (χ3v) is 1.90. The summed E-state index contributed by atoms with van der Waals surface area (Å²) in [6, 6.07) is 5.61. The Labute approximate surface area is 80.8 Å². The first-order valence-electron chi connectivity index (χ1n) is 4.10. The van der Waals surface area contributed by atoms with Crippen LogP contribution in [0.2, 0.25) is 0 Å². The summed E-state index contributed by atoms with van der Waals surface area (Å²) < 4.78 is 1.74. The average Bonchev–Trinajstić information content (AvgIpc) is 2.61. The highest BCUT2D eigenvalue weighted by Crippen LogP contribution is 2.15. The maximum absolute atomic E-state index is 5.25. The number of hydrogen-bond donors (Lipinski definition) is 2. The van der Waals surface area contributed by atoms with E-state index in [0.29, 0.717) is 11.8 Å². The van der Waals surface area contributed by atoms with Crippen LogP contribution in [0.25, 0.3) is 11.5 Å². The van der Waals surface area contributed by atoms with Crippen LogP contribution in [0.15, 0.2) is 24.4 Å². The largest absolute Gasteiger partial charge is 0.294 e. The molecule has 2 rings (SSSR count). The minimum Gasteiger partial charge on any atom is -0.294 e. The second kappa shape index (κ2) is 3.43. The molecule has 6 nitrogen and oxygen atoms in total. The lowest BCUT2D eigenvalue weighted by atomic mass is 10.3. The maximum Gasteiger partial charge on any atom is 0.238 e. The van der Waals surface area contributed by atoms with Crippen LogP contribution in [0.1, 0.15) is 0 Å². The van der Waals surface area contributed by atoms with Crippen molar-refractivity contribution >= 4 is 5.95 Å². The molecule has 0 bridgehead atoms. The summed E-state index contributed by atoms with van der Waals surface area (Å²) in [4.78, 5) is 4.17. The predicted molar refractivity (Wildman–Crippen MR) is 52.0 cm³/mol. The van der Waals surface area contributed by atoms with Crippen LogP contribution >= 0.6 is 0 Å². The first-order valence-corrected chi connectivity index (χ1v) is 4.10. The number of pyridine rings is 1. The fraction of sp³-hybridized carbons (Fsp3) is 0.125. The zero-order chi connectivity index (χ0) is 9.97. The summed E-state index contributed by atoms with van der Waals surface area (Å²) in [6.07, 6.45) is 1.71. The molecule has 2 aromatic heterocycles. The molecule has 0 saturated carbocycles. The van der Waals surface area contributed by atoms with Gasteiger partial charge in [-0.2, -0.15) is 0 Å². The molecule has 0 radical (unpaired) electrons. The van der Waals surface area contributed by atoms with Gasteiger partial charge in [0.25, 0.3) is 0 Å². The van der Waals surface area contributed by atoms with Gasteiger partial charge >= 0.3 is 0 Å². The standard InChI is InChI=1S/C8H10N6/c1-14-7(12-13-8(14)11-9)6-4-2-3-5-10-6/h2-5H,9H2,1H3,(H,11,13). The van der Waals surface area contributed by atoms with Gasteiger partial charge in [0, 0.05) is 13.2 Å². The predicted octanol–water partition coefficient (Wildman–Crippen LogP) is 0.163. The third kappa shape index (κ3) is 1.31. The average molecular weight is 190 g/mol. The number of nitrogen functional groups attached to an aromatic ring is 1. The van der Waals surface area contributed by atoms with Gasteiger partial charge in [-0.25, -0.2) is 5.84 Å². The van der Waals surface area contributed by atoms with Crippen LogP contribution in [0, 0.1) is 0 Å². The van der Waals surface area contributed by atoms with Crippen LogP contribution in [-0.4, -0.2) is 19.7 Å². The first kappa shape index (κ1) is 8.64. The third-order valence-electron chi connectivity index (χ3n) is 1.90. The van der Waals surface area contributed by atoms with Crippen molar-refractivity contribution in [3.05, 3.63) is 24.4 Å². The summed E-state index contributed by atoms with van der Waals surface area (Å²) in [5.74, 6) is 6.43. The molecule has 0 aromatic carbocycles. The lowest BCUT2D eigenvalue weighted by Crippen LogP contribution is -2.11. The molecule has 2 aromatic rings. The fourth-order valence-corrected chi connectivity index (χ4v) is 1.17. The molecule has 3 N–H and O–H groups in total. The van der Waals surface area contributed by atoms with Crippen molar-refractivity contribution in [3.8, 4) is 11.5 Å². The molecule has 0 atom stereocenters. The van der Waals surface area contributed by atoms with Crippen molar-refractivity contribution in [2.24, 2.45) is 12.9 Å². The Morgan fingerprint density at radius 2 is 2.21 bits per heavy atom. The highest BCUT2D eigenvalue weighted by atomic mass is 15.4. The van der Waals surface area contributed by atoms with E-state index >= 15 is 0 Å². The molecule has 6 heteroatoms. The van der Waals surface area contributed by atoms with E-state index in [0.717, 1.165) is 5.69 Å². The highest BCUT2D eigenvalue weighted by molar-refractivity contribution is 5.51. The van der Waals surface area contributed by atoms with E-state index < -0.39 is 0 Å². The van der Waals surface area contributed by atoms with E-state index in [2.05, 4.69) is 20.6 Å². The Morgan fingerprint density at radius 3 is 2.79 bits per heavy atom. The van der Waals surface area contributed by atoms with E-state index in [1.54, 1.807) is 10.8 Å². The fourth-order valence-electron chi connectivity index (χ4n) is 1.17. The number of rotatable bonds is 2. The normalized spacial score (nSPS) is 10.1. The minimum absolute atomic E-state index is 0.505. The van der Waals surface area contributed by atoms with Gasteiger partial charge in [-0.05, 0) is 12.1 Å². The number of aromatic nitrogens is 4. The van der Waals surface area contributed by atoms with Crippen molar-refractivity contribution in [1.82, 2.24) is 19.7 Å². The lowest BCUT2D eigenvalue weighted by molar-refractivity contribution is 0.912.